The number of nitrogens with zero attached hydrogens (tertiary/aromatic N) is 2. The number of carboxylic acid groups (broad SMARTS) is 1. The van der Waals surface area contributed by atoms with Crippen LogP contribution in [-0.4, -0.2) is 21.0 Å². The van der Waals surface area contributed by atoms with Crippen LogP contribution < -0.4 is 4.74 Å². The maximum Gasteiger partial charge on any atom is 0.339 e. The molecule has 0 radical (unpaired) electrons. The summed E-state index contributed by atoms with van der Waals surface area (Å²) in [5, 5.41) is 9.18. The van der Waals surface area contributed by atoms with Gasteiger partial charge in [0.1, 0.15) is 11.3 Å². The van der Waals surface area contributed by atoms with Crippen LogP contribution in [0.1, 0.15) is 27.3 Å². The average molecular weight is 258 g/mol. The van der Waals surface area contributed by atoms with E-state index in [1.807, 2.05) is 6.92 Å². The van der Waals surface area contributed by atoms with Crippen molar-refractivity contribution in [3.05, 3.63) is 46.9 Å². The van der Waals surface area contributed by atoms with Gasteiger partial charge >= 0.3 is 5.97 Å². The highest BCUT2D eigenvalue weighted by molar-refractivity contribution is 5.91. The van der Waals surface area contributed by atoms with Gasteiger partial charge in [-0.3, -0.25) is 4.98 Å². The van der Waals surface area contributed by atoms with Crippen LogP contribution in [0.5, 0.6) is 11.6 Å². The normalized spacial score (nSPS) is 10.3. The molecule has 0 unspecified atom stereocenters. The molecule has 19 heavy (non-hydrogen) atoms. The first-order valence-electron chi connectivity index (χ1n) is 5.79. The molecule has 0 bridgehead atoms. The number of hydrogen-bond donors (Lipinski definition) is 1. The van der Waals surface area contributed by atoms with E-state index in [0.717, 1.165) is 5.56 Å². The molecule has 0 atom stereocenters. The Morgan fingerprint density at radius 2 is 2.00 bits per heavy atom. The maximum atomic E-state index is 11.2. The molecule has 0 aliphatic heterocycles. The monoisotopic (exact) mass is 258 g/mol. The molecule has 2 rings (SSSR count). The van der Waals surface area contributed by atoms with Gasteiger partial charge in [-0.1, -0.05) is 11.6 Å². The summed E-state index contributed by atoms with van der Waals surface area (Å²) in [4.78, 5) is 19.5. The summed E-state index contributed by atoms with van der Waals surface area (Å²) < 4.78 is 5.58. The molecular weight excluding hydrogens is 244 g/mol. The minimum atomic E-state index is -1.03. The summed E-state index contributed by atoms with van der Waals surface area (Å²) in [5.41, 5.74) is 2.30. The van der Waals surface area contributed by atoms with Gasteiger partial charge in [0.2, 0.25) is 5.88 Å². The minimum absolute atomic E-state index is 0.114. The van der Waals surface area contributed by atoms with Gasteiger partial charge in [-0.2, -0.15) is 0 Å². The van der Waals surface area contributed by atoms with E-state index in [2.05, 4.69) is 9.97 Å². The molecule has 5 nitrogen and oxygen atoms in total. The Morgan fingerprint density at radius 1 is 1.26 bits per heavy atom. The van der Waals surface area contributed by atoms with E-state index >= 15 is 0 Å². The van der Waals surface area contributed by atoms with Gasteiger partial charge in [0.05, 0.1) is 11.4 Å². The van der Waals surface area contributed by atoms with Gasteiger partial charge in [-0.25, -0.2) is 9.78 Å². The van der Waals surface area contributed by atoms with E-state index < -0.39 is 5.97 Å². The predicted octanol–water partition coefficient (Wildman–Crippen LogP) is 2.89. The number of ether oxygens (including phenoxy) is 1. The summed E-state index contributed by atoms with van der Waals surface area (Å²) in [6, 6.07) is 4.98. The van der Waals surface area contributed by atoms with Crippen LogP contribution in [0, 0.1) is 20.8 Å². The molecule has 1 N–H and O–H groups in total. The molecule has 0 aliphatic rings. The Morgan fingerprint density at radius 3 is 2.68 bits per heavy atom. The standard InChI is InChI=1S/C14H14N2O3/c1-8-4-5-12(11(6-8)14(17)18)19-13-10(3)15-7-9(2)16-13/h4-7H,1-3H3,(H,17,18). The highest BCUT2D eigenvalue weighted by Crippen LogP contribution is 2.26. The zero-order valence-corrected chi connectivity index (χ0v) is 11.0. The Kier molecular flexibility index (Phi) is 3.46. The van der Waals surface area contributed by atoms with Gasteiger partial charge in [0.15, 0.2) is 0 Å². The van der Waals surface area contributed by atoms with Crippen LogP contribution in [0.3, 0.4) is 0 Å². The second kappa shape index (κ2) is 5.06. The molecule has 0 amide bonds. The Hall–Kier alpha value is -2.43. The molecule has 5 heteroatoms. The van der Waals surface area contributed by atoms with Crippen LogP contribution in [0.2, 0.25) is 0 Å². The molecule has 98 valence electrons. The van der Waals surface area contributed by atoms with Gasteiger partial charge < -0.3 is 9.84 Å². The van der Waals surface area contributed by atoms with Gasteiger partial charge in [-0.05, 0) is 32.9 Å². The third kappa shape index (κ3) is 2.88. The zero-order valence-electron chi connectivity index (χ0n) is 11.0. The Balaban J connectivity index is 2.43. The summed E-state index contributed by atoms with van der Waals surface area (Å²) in [6.07, 6.45) is 1.63. The number of carboxylic acids is 1. The first-order chi connectivity index (χ1) is 8.97. The molecule has 0 spiro atoms. The van der Waals surface area contributed by atoms with Crippen molar-refractivity contribution in [1.29, 1.82) is 0 Å². The number of aromatic carboxylic acids is 1. The molecule has 1 aromatic carbocycles. The van der Waals surface area contributed by atoms with Crippen molar-refractivity contribution in [1.82, 2.24) is 9.97 Å². The van der Waals surface area contributed by atoms with Gasteiger partial charge in [-0.15, -0.1) is 0 Å². The van der Waals surface area contributed by atoms with Crippen LogP contribution in [0.15, 0.2) is 24.4 Å². The van der Waals surface area contributed by atoms with Crippen molar-refractivity contribution in [2.45, 2.75) is 20.8 Å². The predicted molar refractivity (Wildman–Crippen MR) is 69.7 cm³/mol. The largest absolute Gasteiger partial charge is 0.478 e. The second-order valence-corrected chi connectivity index (χ2v) is 4.31. The molecule has 2 aromatic rings. The van der Waals surface area contributed by atoms with Crippen LogP contribution in [0.4, 0.5) is 0 Å². The Labute approximate surface area is 110 Å². The lowest BCUT2D eigenvalue weighted by molar-refractivity contribution is 0.0694. The van der Waals surface area contributed by atoms with Crippen LogP contribution in [-0.2, 0) is 0 Å². The molecule has 0 fully saturated rings. The fraction of sp³-hybridized carbons (Fsp3) is 0.214. The quantitative estimate of drug-likeness (QED) is 0.916. The number of hydrogen-bond acceptors (Lipinski definition) is 4. The van der Waals surface area contributed by atoms with Crippen LogP contribution >= 0.6 is 0 Å². The highest BCUT2D eigenvalue weighted by atomic mass is 16.5. The third-order valence-corrected chi connectivity index (χ3v) is 2.60. The summed E-state index contributed by atoms with van der Waals surface area (Å²) in [6.45, 7) is 5.39. The number of aryl methyl sites for hydroxylation is 3. The number of aromatic nitrogens is 2. The van der Waals surface area contributed by atoms with Crippen molar-refractivity contribution >= 4 is 5.97 Å². The van der Waals surface area contributed by atoms with Crippen molar-refractivity contribution in [2.75, 3.05) is 0 Å². The lowest BCUT2D eigenvalue weighted by Crippen LogP contribution is -2.03. The van der Waals surface area contributed by atoms with E-state index in [0.29, 0.717) is 17.3 Å². The maximum absolute atomic E-state index is 11.2. The minimum Gasteiger partial charge on any atom is -0.478 e. The van der Waals surface area contributed by atoms with E-state index in [4.69, 9.17) is 4.74 Å². The molecule has 0 saturated carbocycles. The third-order valence-electron chi connectivity index (χ3n) is 2.60. The highest BCUT2D eigenvalue weighted by Gasteiger charge is 2.14. The van der Waals surface area contributed by atoms with Crippen molar-refractivity contribution < 1.29 is 14.6 Å². The van der Waals surface area contributed by atoms with Gasteiger partial charge in [0.25, 0.3) is 0 Å². The molecular formula is C14H14N2O3. The molecule has 0 aliphatic carbocycles. The average Bonchev–Trinajstić information content (AvgIpc) is 2.35. The van der Waals surface area contributed by atoms with Crippen molar-refractivity contribution in [2.24, 2.45) is 0 Å². The first kappa shape index (κ1) is 13.0. The fourth-order valence-electron chi connectivity index (χ4n) is 1.62. The molecule has 1 heterocycles. The first-order valence-corrected chi connectivity index (χ1v) is 5.79. The number of carbonyl (C=O) groups is 1. The smallest absolute Gasteiger partial charge is 0.339 e. The molecule has 0 saturated heterocycles. The topological polar surface area (TPSA) is 72.3 Å². The van der Waals surface area contributed by atoms with Crippen molar-refractivity contribution in [3.8, 4) is 11.6 Å². The SMILES string of the molecule is Cc1ccc(Oc2nc(C)cnc2C)c(C(=O)O)c1. The van der Waals surface area contributed by atoms with Crippen LogP contribution in [0.25, 0.3) is 0 Å². The number of benzene rings is 1. The lowest BCUT2D eigenvalue weighted by atomic mass is 10.1. The summed E-state index contributed by atoms with van der Waals surface area (Å²) in [5.74, 6) is -0.440. The Bertz CT molecular complexity index is 639. The summed E-state index contributed by atoms with van der Waals surface area (Å²) >= 11 is 0. The fourth-order valence-corrected chi connectivity index (χ4v) is 1.62. The van der Waals surface area contributed by atoms with E-state index in [-0.39, 0.29) is 11.3 Å². The van der Waals surface area contributed by atoms with Gasteiger partial charge in [0, 0.05) is 6.20 Å². The lowest BCUT2D eigenvalue weighted by Gasteiger charge is -2.10. The van der Waals surface area contributed by atoms with E-state index in [1.54, 1.807) is 38.2 Å². The van der Waals surface area contributed by atoms with E-state index in [9.17, 15) is 9.90 Å². The molecule has 1 aromatic heterocycles. The summed E-state index contributed by atoms with van der Waals surface area (Å²) in [7, 11) is 0. The van der Waals surface area contributed by atoms with Crippen molar-refractivity contribution in [3.63, 3.8) is 0 Å². The second-order valence-electron chi connectivity index (χ2n) is 4.31. The van der Waals surface area contributed by atoms with E-state index in [1.165, 1.54) is 0 Å². The zero-order chi connectivity index (χ0) is 14.0. The number of rotatable bonds is 3.